The molecule has 0 aliphatic heterocycles. The number of nitrogens with zero attached hydrogens (tertiary/aromatic N) is 5. The highest BCUT2D eigenvalue weighted by Crippen LogP contribution is 2.13. The molecule has 2 aromatic rings. The first-order valence-corrected chi connectivity index (χ1v) is 5.06. The van der Waals surface area contributed by atoms with Crippen LogP contribution >= 0.6 is 0 Å². The molecular weight excluding hydrogens is 222 g/mol. The summed E-state index contributed by atoms with van der Waals surface area (Å²) in [7, 11) is 1.69. The van der Waals surface area contributed by atoms with Gasteiger partial charge in [-0.2, -0.15) is 0 Å². The molecule has 0 aliphatic carbocycles. The van der Waals surface area contributed by atoms with E-state index < -0.39 is 5.97 Å². The summed E-state index contributed by atoms with van der Waals surface area (Å²) >= 11 is 0. The molecule has 0 atom stereocenters. The highest BCUT2D eigenvalue weighted by Gasteiger charge is 2.16. The van der Waals surface area contributed by atoms with Gasteiger partial charge in [-0.1, -0.05) is 0 Å². The lowest BCUT2D eigenvalue weighted by atomic mass is 10.3. The maximum atomic E-state index is 11.4. The normalized spacial score (nSPS) is 10.2. The second kappa shape index (κ2) is 4.69. The molecule has 0 amide bonds. The van der Waals surface area contributed by atoms with Crippen LogP contribution in [0.2, 0.25) is 0 Å². The van der Waals surface area contributed by atoms with E-state index in [1.54, 1.807) is 26.4 Å². The Kier molecular flexibility index (Phi) is 3.08. The third-order valence-electron chi connectivity index (χ3n) is 2.04. The first kappa shape index (κ1) is 11.2. The average molecular weight is 233 g/mol. The molecule has 17 heavy (non-hydrogen) atoms. The lowest BCUT2D eigenvalue weighted by Gasteiger charge is -1.96. The minimum atomic E-state index is -0.536. The molecule has 0 fully saturated rings. The summed E-state index contributed by atoms with van der Waals surface area (Å²) in [5, 5.41) is 3.98. The number of rotatable bonds is 3. The fourth-order valence-corrected chi connectivity index (χ4v) is 1.33. The van der Waals surface area contributed by atoms with Crippen LogP contribution in [0.15, 0.2) is 18.7 Å². The minimum absolute atomic E-state index is 0.0354. The van der Waals surface area contributed by atoms with Crippen LogP contribution in [0.25, 0.3) is 11.4 Å². The largest absolute Gasteiger partial charge is 0.460 e. The zero-order chi connectivity index (χ0) is 12.3. The second-order valence-corrected chi connectivity index (χ2v) is 3.23. The standard InChI is InChI=1S/C10H11N5O2/c1-3-17-10(16)8-13-9(15(2)14-8)7-4-11-6-12-5-7/h4-6H,3H2,1-2H3. The van der Waals surface area contributed by atoms with E-state index in [0.717, 1.165) is 0 Å². The van der Waals surface area contributed by atoms with Gasteiger partial charge in [0.25, 0.3) is 5.82 Å². The molecule has 7 heteroatoms. The first-order chi connectivity index (χ1) is 8.22. The van der Waals surface area contributed by atoms with Crippen molar-refractivity contribution in [1.82, 2.24) is 24.7 Å². The Labute approximate surface area is 97.5 Å². The number of esters is 1. The van der Waals surface area contributed by atoms with Gasteiger partial charge in [-0.05, 0) is 6.92 Å². The molecule has 2 rings (SSSR count). The number of carbonyl (C=O) groups is 1. The zero-order valence-corrected chi connectivity index (χ0v) is 9.49. The van der Waals surface area contributed by atoms with Gasteiger partial charge in [0.2, 0.25) is 0 Å². The topological polar surface area (TPSA) is 82.8 Å². The van der Waals surface area contributed by atoms with Gasteiger partial charge < -0.3 is 4.74 Å². The minimum Gasteiger partial charge on any atom is -0.460 e. The van der Waals surface area contributed by atoms with E-state index in [0.29, 0.717) is 18.0 Å². The Balaban J connectivity index is 2.35. The number of aryl methyl sites for hydroxylation is 1. The Morgan fingerprint density at radius 3 is 2.76 bits per heavy atom. The maximum absolute atomic E-state index is 11.4. The molecule has 0 aromatic carbocycles. The van der Waals surface area contributed by atoms with Crippen LogP contribution < -0.4 is 0 Å². The van der Waals surface area contributed by atoms with Crippen LogP contribution in [0.4, 0.5) is 0 Å². The van der Waals surface area contributed by atoms with E-state index >= 15 is 0 Å². The number of aromatic nitrogens is 5. The molecule has 0 spiro atoms. The summed E-state index contributed by atoms with van der Waals surface area (Å²) in [6, 6.07) is 0. The van der Waals surface area contributed by atoms with Crippen molar-refractivity contribution in [2.24, 2.45) is 7.05 Å². The van der Waals surface area contributed by atoms with E-state index in [9.17, 15) is 4.79 Å². The van der Waals surface area contributed by atoms with Gasteiger partial charge in [0, 0.05) is 19.4 Å². The first-order valence-electron chi connectivity index (χ1n) is 5.06. The lowest BCUT2D eigenvalue weighted by Crippen LogP contribution is -2.07. The van der Waals surface area contributed by atoms with Gasteiger partial charge in [-0.3, -0.25) is 0 Å². The summed E-state index contributed by atoms with van der Waals surface area (Å²) in [6.45, 7) is 2.02. The van der Waals surface area contributed by atoms with Gasteiger partial charge in [0.1, 0.15) is 6.33 Å². The van der Waals surface area contributed by atoms with E-state index in [1.807, 2.05) is 0 Å². The summed E-state index contributed by atoms with van der Waals surface area (Å²) in [6.07, 6.45) is 4.63. The van der Waals surface area contributed by atoms with Crippen molar-refractivity contribution in [3.05, 3.63) is 24.5 Å². The summed E-state index contributed by atoms with van der Waals surface area (Å²) in [4.78, 5) is 23.3. The number of carbonyl (C=O) groups excluding carboxylic acids is 1. The molecule has 0 bridgehead atoms. The SMILES string of the molecule is CCOC(=O)c1nc(-c2cncnc2)n(C)n1. The van der Waals surface area contributed by atoms with Crippen molar-refractivity contribution in [3.63, 3.8) is 0 Å². The van der Waals surface area contributed by atoms with E-state index in [2.05, 4.69) is 20.1 Å². The van der Waals surface area contributed by atoms with Crippen molar-refractivity contribution >= 4 is 5.97 Å². The van der Waals surface area contributed by atoms with Crippen molar-refractivity contribution in [2.75, 3.05) is 6.61 Å². The molecule has 2 heterocycles. The lowest BCUT2D eigenvalue weighted by molar-refractivity contribution is 0.0512. The number of hydrogen-bond acceptors (Lipinski definition) is 6. The molecule has 0 saturated carbocycles. The van der Waals surface area contributed by atoms with Crippen LogP contribution in [-0.2, 0) is 11.8 Å². The third-order valence-corrected chi connectivity index (χ3v) is 2.04. The predicted octanol–water partition coefficient (Wildman–Crippen LogP) is 0.449. The quantitative estimate of drug-likeness (QED) is 0.716. The molecule has 0 saturated heterocycles. The van der Waals surface area contributed by atoms with Crippen molar-refractivity contribution in [3.8, 4) is 11.4 Å². The van der Waals surface area contributed by atoms with Crippen LogP contribution in [0.3, 0.4) is 0 Å². The average Bonchev–Trinajstić information content (AvgIpc) is 2.73. The van der Waals surface area contributed by atoms with Crippen molar-refractivity contribution in [2.45, 2.75) is 6.92 Å². The highest BCUT2D eigenvalue weighted by molar-refractivity contribution is 5.85. The van der Waals surface area contributed by atoms with Crippen LogP contribution in [-0.4, -0.2) is 37.3 Å². The monoisotopic (exact) mass is 233 g/mol. The molecule has 7 nitrogen and oxygen atoms in total. The molecule has 0 radical (unpaired) electrons. The second-order valence-electron chi connectivity index (χ2n) is 3.23. The summed E-state index contributed by atoms with van der Waals surface area (Å²) in [5.41, 5.74) is 0.693. The molecule has 0 unspecified atom stereocenters. The Bertz CT molecular complexity index is 523. The fraction of sp³-hybridized carbons (Fsp3) is 0.300. The Hall–Kier alpha value is -2.31. The molecule has 0 aliphatic rings. The van der Waals surface area contributed by atoms with Gasteiger partial charge in [0.15, 0.2) is 5.82 Å². The predicted molar refractivity (Wildman–Crippen MR) is 58.0 cm³/mol. The smallest absolute Gasteiger partial charge is 0.378 e. The van der Waals surface area contributed by atoms with Crippen LogP contribution in [0, 0.1) is 0 Å². The number of ether oxygens (including phenoxy) is 1. The van der Waals surface area contributed by atoms with Gasteiger partial charge in [-0.25, -0.2) is 24.4 Å². The Morgan fingerprint density at radius 2 is 2.12 bits per heavy atom. The van der Waals surface area contributed by atoms with Gasteiger partial charge >= 0.3 is 5.97 Å². The van der Waals surface area contributed by atoms with E-state index in [-0.39, 0.29) is 5.82 Å². The summed E-state index contributed by atoms with van der Waals surface area (Å²) in [5.74, 6) is 0.0213. The molecule has 2 aromatic heterocycles. The summed E-state index contributed by atoms with van der Waals surface area (Å²) < 4.78 is 6.31. The fourth-order valence-electron chi connectivity index (χ4n) is 1.33. The van der Waals surface area contributed by atoms with Crippen molar-refractivity contribution in [1.29, 1.82) is 0 Å². The molecule has 88 valence electrons. The van der Waals surface area contributed by atoms with E-state index in [4.69, 9.17) is 4.74 Å². The van der Waals surface area contributed by atoms with Crippen molar-refractivity contribution < 1.29 is 9.53 Å². The zero-order valence-electron chi connectivity index (χ0n) is 9.49. The highest BCUT2D eigenvalue weighted by atomic mass is 16.5. The maximum Gasteiger partial charge on any atom is 0.378 e. The third kappa shape index (κ3) is 2.27. The number of hydrogen-bond donors (Lipinski definition) is 0. The molecular formula is C10H11N5O2. The Morgan fingerprint density at radius 1 is 1.41 bits per heavy atom. The van der Waals surface area contributed by atoms with Gasteiger partial charge in [0.05, 0.1) is 12.2 Å². The molecule has 0 N–H and O–H groups in total. The van der Waals surface area contributed by atoms with E-state index in [1.165, 1.54) is 11.0 Å². The van der Waals surface area contributed by atoms with Gasteiger partial charge in [-0.15, -0.1) is 5.10 Å². The van der Waals surface area contributed by atoms with Crippen LogP contribution in [0.1, 0.15) is 17.5 Å². The van der Waals surface area contributed by atoms with Crippen LogP contribution in [0.5, 0.6) is 0 Å².